The number of ether oxygens (including phenoxy) is 2. The number of fused-ring (bicyclic) bond motifs is 4. The Morgan fingerprint density at radius 2 is 1.40 bits per heavy atom. The van der Waals surface area contributed by atoms with Crippen LogP contribution in [0.2, 0.25) is 0 Å². The molecule has 2 aliphatic carbocycles. The molecule has 0 radical (unpaired) electrons. The zero-order valence-corrected chi connectivity index (χ0v) is 30.3. The van der Waals surface area contributed by atoms with Crippen LogP contribution in [-0.4, -0.2) is 58.5 Å². The van der Waals surface area contributed by atoms with Crippen LogP contribution < -0.4 is 19.3 Å². The maximum Gasteiger partial charge on any atom is 0.258 e. The summed E-state index contributed by atoms with van der Waals surface area (Å²) in [6, 6.07) is 8.44. The Labute approximate surface area is 318 Å². The van der Waals surface area contributed by atoms with E-state index in [4.69, 9.17) is 32.7 Å². The number of nitrogens with zero attached hydrogens (tertiary/aromatic N) is 2. The van der Waals surface area contributed by atoms with E-state index in [0.29, 0.717) is 5.56 Å². The average Bonchev–Trinajstić information content (AvgIpc) is 3.51. The van der Waals surface area contributed by atoms with Crippen LogP contribution in [0.3, 0.4) is 0 Å². The third-order valence-electron chi connectivity index (χ3n) is 10.8. The van der Waals surface area contributed by atoms with Gasteiger partial charge in [0.15, 0.2) is 50.3 Å². The van der Waals surface area contributed by atoms with Crippen molar-refractivity contribution < 1.29 is 60.5 Å². The van der Waals surface area contributed by atoms with Gasteiger partial charge in [0, 0.05) is 11.5 Å². The number of carbonyl (C=O) groups is 5. The van der Waals surface area contributed by atoms with E-state index in [-0.39, 0.29) is 51.2 Å². The second-order valence-corrected chi connectivity index (χ2v) is 14.7. The fourth-order valence-corrected chi connectivity index (χ4v) is 9.02. The number of anilines is 2. The van der Waals surface area contributed by atoms with Crippen LogP contribution >= 0.6 is 23.2 Å². The minimum absolute atomic E-state index is 0.0383. The van der Waals surface area contributed by atoms with Crippen molar-refractivity contribution in [2.45, 2.75) is 29.5 Å². The maximum atomic E-state index is 15.3. The number of ketones is 1. The minimum Gasteiger partial charge on any atom is -0.502 e. The largest absolute Gasteiger partial charge is 0.502 e. The van der Waals surface area contributed by atoms with E-state index in [1.54, 1.807) is 6.08 Å². The van der Waals surface area contributed by atoms with E-state index in [1.165, 1.54) is 69.7 Å². The van der Waals surface area contributed by atoms with Gasteiger partial charge in [-0.3, -0.25) is 28.9 Å². The zero-order chi connectivity index (χ0) is 40.0. The van der Waals surface area contributed by atoms with Crippen LogP contribution in [0.5, 0.6) is 17.2 Å². The SMILES string of the molecule is COc1cc(C=C[C@H]2C3=CC[C@@H]4C(=O)N(c5ccc(C(C)=O)cc5)C(=O)[C@@H]4[C@@H]3C[C@@]3(Cl)C(=O)N(c4c(F)c(F)c(F)c(F)c4F)C(=O)[C@@]23Cl)cc(OC)c1O. The van der Waals surface area contributed by atoms with Crippen molar-refractivity contribution >= 4 is 70.1 Å². The van der Waals surface area contributed by atoms with Crippen LogP contribution in [0.4, 0.5) is 33.3 Å². The number of Topliss-reactive ketones (excluding diaryl/α,β-unsaturated/α-hetero) is 1. The molecule has 0 unspecified atom stereocenters. The first-order valence-corrected chi connectivity index (χ1v) is 17.3. The molecule has 1 N–H and O–H groups in total. The number of amides is 4. The fourth-order valence-electron chi connectivity index (χ4n) is 8.13. The Morgan fingerprint density at radius 1 is 0.836 bits per heavy atom. The summed E-state index contributed by atoms with van der Waals surface area (Å²) in [6.45, 7) is 1.34. The standard InChI is InChI=1S/C38H27Cl2F5N2O8/c1-15(48)17-5-7-18(8-6-17)46-33(50)20-10-9-19-21(25(20)34(46)51)14-37(39)35(52)47(31-29(44)27(42)26(41)28(43)30(31)45)36(53)38(37,40)22(19)11-4-16-12-23(54-2)32(49)24(13-16)55-3/h4-9,11-13,20-22,25,49H,10,14H2,1-3H3/t20-,21+,22-,25-,37+,38-/m0/s1. The third kappa shape index (κ3) is 5.22. The number of allylic oxidation sites excluding steroid dienone is 3. The highest BCUT2D eigenvalue weighted by molar-refractivity contribution is 6.58. The Hall–Kier alpha value is -5.28. The molecule has 2 saturated heterocycles. The molecule has 55 heavy (non-hydrogen) atoms. The molecule has 2 heterocycles. The van der Waals surface area contributed by atoms with Crippen molar-refractivity contribution in [2.24, 2.45) is 23.7 Å². The Balaban J connectivity index is 1.39. The summed E-state index contributed by atoms with van der Waals surface area (Å²) >= 11 is 14.2. The summed E-state index contributed by atoms with van der Waals surface area (Å²) in [4.78, 5) is 64.0. The lowest BCUT2D eigenvalue weighted by Crippen LogP contribution is -2.60. The molecule has 17 heteroatoms. The molecule has 10 nitrogen and oxygen atoms in total. The zero-order valence-electron chi connectivity index (χ0n) is 28.8. The summed E-state index contributed by atoms with van der Waals surface area (Å²) in [5.41, 5.74) is -0.921. The molecule has 6 atom stereocenters. The van der Waals surface area contributed by atoms with Crippen LogP contribution in [0.1, 0.15) is 35.7 Å². The highest BCUT2D eigenvalue weighted by atomic mass is 35.5. The summed E-state index contributed by atoms with van der Waals surface area (Å²) in [5, 5.41) is 10.4. The average molecular weight is 806 g/mol. The second-order valence-electron chi connectivity index (χ2n) is 13.5. The summed E-state index contributed by atoms with van der Waals surface area (Å²) in [7, 11) is 2.54. The predicted octanol–water partition coefficient (Wildman–Crippen LogP) is 6.62. The van der Waals surface area contributed by atoms with Crippen LogP contribution in [0, 0.1) is 52.8 Å². The molecule has 286 valence electrons. The van der Waals surface area contributed by atoms with Crippen molar-refractivity contribution in [1.82, 2.24) is 0 Å². The highest BCUT2D eigenvalue weighted by Crippen LogP contribution is 2.64. The molecular formula is C38H27Cl2F5N2O8. The van der Waals surface area contributed by atoms with Crippen LogP contribution in [0.25, 0.3) is 6.08 Å². The van der Waals surface area contributed by atoms with Gasteiger partial charge < -0.3 is 14.6 Å². The number of rotatable bonds is 7. The van der Waals surface area contributed by atoms with E-state index >= 15 is 8.78 Å². The van der Waals surface area contributed by atoms with Gasteiger partial charge in [-0.2, -0.15) is 0 Å². The molecule has 4 aliphatic rings. The Morgan fingerprint density at radius 3 is 1.95 bits per heavy atom. The lowest BCUT2D eigenvalue weighted by atomic mass is 9.57. The van der Waals surface area contributed by atoms with Crippen molar-refractivity contribution in [2.75, 3.05) is 24.0 Å². The van der Waals surface area contributed by atoms with Gasteiger partial charge in [-0.15, -0.1) is 23.2 Å². The van der Waals surface area contributed by atoms with Gasteiger partial charge in [-0.1, -0.05) is 23.8 Å². The van der Waals surface area contributed by atoms with Gasteiger partial charge in [0.05, 0.1) is 31.7 Å². The number of hydrogen-bond acceptors (Lipinski definition) is 8. The first-order chi connectivity index (χ1) is 25.9. The summed E-state index contributed by atoms with van der Waals surface area (Å²) in [5.74, 6) is -22.5. The van der Waals surface area contributed by atoms with Gasteiger partial charge in [-0.25, -0.2) is 26.9 Å². The van der Waals surface area contributed by atoms with Crippen molar-refractivity contribution in [3.63, 3.8) is 0 Å². The number of benzene rings is 3. The number of hydrogen-bond donors (Lipinski definition) is 1. The van der Waals surface area contributed by atoms with E-state index in [1.807, 2.05) is 0 Å². The smallest absolute Gasteiger partial charge is 0.258 e. The number of phenolic OH excluding ortho intramolecular Hbond substituents is 1. The normalized spacial score (nSPS) is 27.3. The molecule has 3 aromatic carbocycles. The molecule has 3 fully saturated rings. The van der Waals surface area contributed by atoms with Crippen molar-refractivity contribution in [1.29, 1.82) is 0 Å². The quantitative estimate of drug-likeness (QED) is 0.0537. The van der Waals surface area contributed by atoms with Crippen LogP contribution in [0.15, 0.2) is 54.1 Å². The molecule has 4 amide bonds. The third-order valence-corrected chi connectivity index (χ3v) is 12.2. The molecule has 0 aromatic heterocycles. The number of imide groups is 2. The lowest BCUT2D eigenvalue weighted by Gasteiger charge is -2.49. The number of alkyl halides is 2. The first-order valence-electron chi connectivity index (χ1n) is 16.5. The monoisotopic (exact) mass is 804 g/mol. The lowest BCUT2D eigenvalue weighted by molar-refractivity contribution is -0.125. The van der Waals surface area contributed by atoms with E-state index in [0.717, 1.165) is 4.90 Å². The molecule has 0 spiro atoms. The van der Waals surface area contributed by atoms with Gasteiger partial charge in [0.25, 0.3) is 11.8 Å². The molecule has 3 aromatic rings. The summed E-state index contributed by atoms with van der Waals surface area (Å²) < 4.78 is 84.1. The molecule has 1 saturated carbocycles. The first kappa shape index (κ1) is 38.0. The fraction of sp³-hybridized carbons (Fsp3) is 0.289. The summed E-state index contributed by atoms with van der Waals surface area (Å²) in [6.07, 6.45) is 3.48. The van der Waals surface area contributed by atoms with E-state index in [2.05, 4.69) is 0 Å². The van der Waals surface area contributed by atoms with Gasteiger partial charge in [0.2, 0.25) is 23.4 Å². The topological polar surface area (TPSA) is 131 Å². The highest BCUT2D eigenvalue weighted by Gasteiger charge is 2.76. The van der Waals surface area contributed by atoms with Crippen LogP contribution in [-0.2, 0) is 19.2 Å². The minimum atomic E-state index is -2.71. The number of carbonyl (C=O) groups excluding carboxylic acids is 5. The second kappa shape index (κ2) is 13.2. The number of methoxy groups -OCH3 is 2. The Bertz CT molecular complexity index is 2270. The van der Waals surface area contributed by atoms with Gasteiger partial charge in [0.1, 0.15) is 5.69 Å². The number of phenols is 1. The van der Waals surface area contributed by atoms with E-state index < -0.39 is 98.2 Å². The number of aromatic hydroxyl groups is 1. The molecule has 0 bridgehead atoms. The van der Waals surface area contributed by atoms with E-state index in [9.17, 15) is 42.3 Å². The van der Waals surface area contributed by atoms with Gasteiger partial charge >= 0.3 is 0 Å². The molecule has 7 rings (SSSR count). The maximum absolute atomic E-state index is 15.3. The predicted molar refractivity (Wildman–Crippen MR) is 186 cm³/mol. The Kier molecular flexibility index (Phi) is 9.11. The van der Waals surface area contributed by atoms with Crippen molar-refractivity contribution in [3.05, 3.63) is 94.3 Å². The van der Waals surface area contributed by atoms with Crippen molar-refractivity contribution in [3.8, 4) is 17.2 Å². The number of halogens is 7. The molecular weight excluding hydrogens is 778 g/mol. The van der Waals surface area contributed by atoms with Gasteiger partial charge in [-0.05, 0) is 67.6 Å². The molecule has 2 aliphatic heterocycles.